The number of aliphatic carboxylic acids is 1. The lowest BCUT2D eigenvalue weighted by Gasteiger charge is -2.39. The van der Waals surface area contributed by atoms with Crippen LogP contribution in [0.2, 0.25) is 0 Å². The van der Waals surface area contributed by atoms with Crippen LogP contribution in [0, 0.1) is 22.7 Å². The number of benzene rings is 2. The van der Waals surface area contributed by atoms with Crippen molar-refractivity contribution in [1.29, 1.82) is 0 Å². The Morgan fingerprint density at radius 2 is 1.09 bits per heavy atom. The first-order valence-electron chi connectivity index (χ1n) is 18.0. The molecule has 55 heavy (non-hydrogen) atoms. The number of carboxylic acid groups (broad SMARTS) is 1. The summed E-state index contributed by atoms with van der Waals surface area (Å²) in [5.41, 5.74) is -1.02. The summed E-state index contributed by atoms with van der Waals surface area (Å²) in [5, 5.41) is 9.23. The Bertz CT molecular complexity index is 1780. The van der Waals surface area contributed by atoms with Gasteiger partial charge in [-0.3, -0.25) is 19.2 Å². The van der Waals surface area contributed by atoms with Crippen LogP contribution in [0.4, 0.5) is 17.6 Å². The Morgan fingerprint density at radius 3 is 1.47 bits per heavy atom. The molecule has 4 aliphatic rings. The number of hydrogen-bond donors (Lipinski definition) is 1. The van der Waals surface area contributed by atoms with Crippen molar-refractivity contribution in [1.82, 2.24) is 9.80 Å². The van der Waals surface area contributed by atoms with Gasteiger partial charge >= 0.3 is 11.9 Å². The number of carbonyl (C=O) groups excluding carboxylic acids is 3. The van der Waals surface area contributed by atoms with E-state index >= 15 is 0 Å². The average Bonchev–Trinajstić information content (AvgIpc) is 3.59. The van der Waals surface area contributed by atoms with Gasteiger partial charge in [-0.2, -0.15) is 0 Å². The maximum absolute atomic E-state index is 14.4. The molecule has 2 aromatic carbocycles. The first-order chi connectivity index (χ1) is 25.9. The van der Waals surface area contributed by atoms with Crippen molar-refractivity contribution in [3.8, 4) is 23.0 Å². The van der Waals surface area contributed by atoms with Crippen molar-refractivity contribution in [2.75, 3.05) is 48.6 Å². The van der Waals surface area contributed by atoms with Crippen LogP contribution in [0.5, 0.6) is 23.0 Å². The molecule has 16 heteroatoms. The van der Waals surface area contributed by atoms with Crippen LogP contribution in [0.1, 0.15) is 62.5 Å². The van der Waals surface area contributed by atoms with E-state index in [0.29, 0.717) is 42.5 Å². The zero-order valence-electron chi connectivity index (χ0n) is 31.6. The van der Waals surface area contributed by atoms with Gasteiger partial charge in [0.2, 0.25) is 23.7 Å². The van der Waals surface area contributed by atoms with Gasteiger partial charge in [-0.1, -0.05) is 0 Å². The highest BCUT2D eigenvalue weighted by atomic mass is 19.3. The Balaban J connectivity index is 0.000000211. The molecule has 0 unspecified atom stereocenters. The summed E-state index contributed by atoms with van der Waals surface area (Å²) in [6.07, 6.45) is -1.78. The minimum Gasteiger partial charge on any atom is -0.497 e. The molecular formula is C39H48F4N2O10. The number of amides is 2. The van der Waals surface area contributed by atoms with E-state index < -0.39 is 78.0 Å². The summed E-state index contributed by atoms with van der Waals surface area (Å²) in [7, 11) is 7.28. The van der Waals surface area contributed by atoms with Gasteiger partial charge in [0.05, 0.1) is 58.2 Å². The van der Waals surface area contributed by atoms with Crippen LogP contribution in [0.15, 0.2) is 36.4 Å². The van der Waals surface area contributed by atoms with E-state index in [9.17, 15) is 41.8 Å². The molecule has 1 N–H and O–H groups in total. The fraction of sp³-hybridized carbons (Fsp3) is 0.590. The molecule has 4 fully saturated rings. The smallest absolute Gasteiger partial charge is 0.308 e. The van der Waals surface area contributed by atoms with Crippen molar-refractivity contribution in [3.05, 3.63) is 47.5 Å². The van der Waals surface area contributed by atoms with E-state index in [1.807, 2.05) is 0 Å². The minimum absolute atomic E-state index is 0.0347. The summed E-state index contributed by atoms with van der Waals surface area (Å²) in [4.78, 5) is 52.4. The van der Waals surface area contributed by atoms with Crippen LogP contribution < -0.4 is 18.9 Å². The molecular weight excluding hydrogens is 732 g/mol. The van der Waals surface area contributed by atoms with Crippen molar-refractivity contribution >= 4 is 23.8 Å². The third-order valence-corrected chi connectivity index (χ3v) is 11.4. The normalized spacial score (nSPS) is 26.7. The molecule has 2 heterocycles. The number of halogens is 4. The lowest BCUT2D eigenvalue weighted by Crippen LogP contribution is -2.46. The highest BCUT2D eigenvalue weighted by Gasteiger charge is 2.59. The minimum atomic E-state index is -3.15. The van der Waals surface area contributed by atoms with Gasteiger partial charge in [-0.05, 0) is 49.9 Å². The van der Waals surface area contributed by atoms with E-state index in [4.69, 9.17) is 18.9 Å². The Morgan fingerprint density at radius 1 is 0.673 bits per heavy atom. The monoisotopic (exact) mass is 780 g/mol. The zero-order valence-corrected chi connectivity index (χ0v) is 31.6. The van der Waals surface area contributed by atoms with Gasteiger partial charge in [0.15, 0.2) is 0 Å². The molecule has 2 aromatic rings. The van der Waals surface area contributed by atoms with E-state index in [0.717, 1.165) is 11.1 Å². The average molecular weight is 781 g/mol. The standard InChI is InChI=1S/C20H25F2NO5.C19H23F2NO5/c1-26-15-5-4-13(16(8-15)27-2)11-23-7-6-19(18(23)25)9-14(17(24)28-3)10-20(21,22)12-19;1-26-14-4-3-12(15(7-14)27-2)10-22-6-5-18(17(22)25)8-13(16(23)24)9-19(20,21)11-18/h4-5,8,14H,6-7,9-12H2,1-3H3;3-4,7,13H,5-6,8-11H2,1-2H3,(H,23,24)/t14-,19+;13-,18+/m00/s1. The fourth-order valence-corrected chi connectivity index (χ4v) is 8.77. The molecule has 2 aliphatic carbocycles. The molecule has 302 valence electrons. The Labute approximate surface area is 317 Å². The first kappa shape index (κ1) is 41.4. The van der Waals surface area contributed by atoms with Crippen molar-refractivity contribution < 1.29 is 65.5 Å². The molecule has 0 bridgehead atoms. The van der Waals surface area contributed by atoms with Crippen LogP contribution in [0.25, 0.3) is 0 Å². The summed E-state index contributed by atoms with van der Waals surface area (Å²) in [6.45, 7) is 1.15. The SMILES string of the molecule is COC(=O)[C@@H]1CC(F)(F)C[C@@]2(CCN(Cc3ccc(OC)cc3OC)C2=O)C1.COc1ccc(CN2CC[C@]3(C[C@H](C(=O)O)CC(F)(F)C3)C2=O)c(OC)c1. The second-order valence-electron chi connectivity index (χ2n) is 15.0. The van der Waals surface area contributed by atoms with Crippen LogP contribution in [0.3, 0.4) is 0 Å². The van der Waals surface area contributed by atoms with Crippen LogP contribution in [-0.4, -0.2) is 99.1 Å². The Hall–Kier alpha value is -4.76. The maximum Gasteiger partial charge on any atom is 0.308 e. The fourth-order valence-electron chi connectivity index (χ4n) is 8.77. The van der Waals surface area contributed by atoms with E-state index in [2.05, 4.69) is 4.74 Å². The van der Waals surface area contributed by atoms with Crippen molar-refractivity contribution in [2.24, 2.45) is 22.7 Å². The molecule has 12 nitrogen and oxygen atoms in total. The molecule has 2 saturated carbocycles. The molecule has 2 spiro atoms. The third-order valence-electron chi connectivity index (χ3n) is 11.4. The predicted octanol–water partition coefficient (Wildman–Crippen LogP) is 5.97. The van der Waals surface area contributed by atoms with Gasteiger partial charge in [-0.25, -0.2) is 17.6 Å². The molecule has 6 rings (SSSR count). The van der Waals surface area contributed by atoms with Gasteiger partial charge in [0.25, 0.3) is 0 Å². The van der Waals surface area contributed by atoms with E-state index in [-0.39, 0.29) is 38.3 Å². The summed E-state index contributed by atoms with van der Waals surface area (Å²) >= 11 is 0. The van der Waals surface area contributed by atoms with E-state index in [1.54, 1.807) is 48.4 Å². The number of hydrogen-bond acceptors (Lipinski definition) is 9. The second kappa shape index (κ2) is 16.1. The summed E-state index contributed by atoms with van der Waals surface area (Å²) in [5.74, 6) is -8.72. The molecule has 4 atom stereocenters. The predicted molar refractivity (Wildman–Crippen MR) is 188 cm³/mol. The number of methoxy groups -OCH3 is 5. The van der Waals surface area contributed by atoms with Gasteiger partial charge < -0.3 is 38.6 Å². The molecule has 2 aliphatic heterocycles. The number of ether oxygens (including phenoxy) is 5. The van der Waals surface area contributed by atoms with Crippen LogP contribution in [-0.2, 0) is 37.0 Å². The number of carboxylic acids is 1. The lowest BCUT2D eigenvalue weighted by atomic mass is 9.67. The number of nitrogens with zero attached hydrogens (tertiary/aromatic N) is 2. The quantitative estimate of drug-likeness (QED) is 0.227. The number of likely N-dealkylation sites (tertiary alicyclic amines) is 2. The van der Waals surface area contributed by atoms with Crippen molar-refractivity contribution in [2.45, 2.75) is 76.3 Å². The van der Waals surface area contributed by atoms with E-state index in [1.165, 1.54) is 33.3 Å². The maximum atomic E-state index is 14.4. The third kappa shape index (κ3) is 8.88. The molecule has 2 saturated heterocycles. The van der Waals surface area contributed by atoms with Gasteiger partial charge in [0, 0.05) is 75.1 Å². The highest BCUT2D eigenvalue weighted by Crippen LogP contribution is 2.54. The number of rotatable bonds is 10. The molecule has 0 aromatic heterocycles. The zero-order chi connectivity index (χ0) is 40.3. The Kier molecular flexibility index (Phi) is 12.2. The second-order valence-corrected chi connectivity index (χ2v) is 15.0. The number of carbonyl (C=O) groups is 4. The molecule has 2 amide bonds. The number of esters is 1. The summed E-state index contributed by atoms with van der Waals surface area (Å²) in [6, 6.07) is 10.5. The van der Waals surface area contributed by atoms with Crippen LogP contribution >= 0.6 is 0 Å². The lowest BCUT2D eigenvalue weighted by molar-refractivity contribution is -0.166. The van der Waals surface area contributed by atoms with Gasteiger partial charge in [0.1, 0.15) is 23.0 Å². The summed E-state index contributed by atoms with van der Waals surface area (Å²) < 4.78 is 82.8. The highest BCUT2D eigenvalue weighted by molar-refractivity contribution is 5.87. The van der Waals surface area contributed by atoms with Gasteiger partial charge in [-0.15, -0.1) is 0 Å². The number of alkyl halides is 4. The van der Waals surface area contributed by atoms with Crippen molar-refractivity contribution in [3.63, 3.8) is 0 Å². The molecule has 0 radical (unpaired) electrons. The topological polar surface area (TPSA) is 141 Å². The largest absolute Gasteiger partial charge is 0.497 e. The first-order valence-corrected chi connectivity index (χ1v) is 18.0.